The molecule has 2 heterocycles. The molecule has 1 N–H and O–H groups in total. The maximum Gasteiger partial charge on any atom is 0.272 e. The van der Waals surface area contributed by atoms with E-state index in [1.54, 1.807) is 34.6 Å². The first-order valence-corrected chi connectivity index (χ1v) is 7.78. The smallest absolute Gasteiger partial charge is 0.272 e. The average molecular weight is 334 g/mol. The van der Waals surface area contributed by atoms with Gasteiger partial charge in [0.25, 0.3) is 5.91 Å². The largest absolute Gasteiger partial charge is 0.340 e. The Bertz CT molecular complexity index is 1050. The zero-order chi connectivity index (χ0) is 17.4. The minimum atomic E-state index is -0.324. The molecule has 0 bridgehead atoms. The van der Waals surface area contributed by atoms with E-state index in [2.05, 4.69) is 10.4 Å². The highest BCUT2D eigenvalue weighted by Crippen LogP contribution is 2.21. The standard InChI is InChI=1S/C19H15FN4O/c1-23-17-12-14(20)4-3-13(17)11-18(23)19(25)22-15-5-7-16(8-6-15)24-10-2-9-21-24/h2-12H,1H3,(H,22,25). The van der Waals surface area contributed by atoms with Gasteiger partial charge in [0, 0.05) is 30.5 Å². The Morgan fingerprint density at radius 1 is 1.12 bits per heavy atom. The molecule has 0 atom stereocenters. The predicted molar refractivity (Wildman–Crippen MR) is 94.4 cm³/mol. The van der Waals surface area contributed by atoms with E-state index in [1.807, 2.05) is 36.5 Å². The summed E-state index contributed by atoms with van der Waals surface area (Å²) in [6.45, 7) is 0. The van der Waals surface area contributed by atoms with Gasteiger partial charge in [-0.2, -0.15) is 5.10 Å². The van der Waals surface area contributed by atoms with Gasteiger partial charge < -0.3 is 9.88 Å². The molecular formula is C19H15FN4O. The number of hydrogen-bond donors (Lipinski definition) is 1. The molecule has 0 saturated heterocycles. The molecule has 0 unspecified atom stereocenters. The summed E-state index contributed by atoms with van der Waals surface area (Å²) in [5.41, 5.74) is 2.73. The van der Waals surface area contributed by atoms with Gasteiger partial charge in [0.2, 0.25) is 0 Å². The fourth-order valence-corrected chi connectivity index (χ4v) is 2.84. The number of rotatable bonds is 3. The van der Waals surface area contributed by atoms with E-state index in [-0.39, 0.29) is 11.7 Å². The normalized spacial score (nSPS) is 11.0. The minimum Gasteiger partial charge on any atom is -0.340 e. The van der Waals surface area contributed by atoms with Crippen LogP contribution in [0.15, 0.2) is 67.0 Å². The van der Waals surface area contributed by atoms with Crippen molar-refractivity contribution in [3.63, 3.8) is 0 Å². The number of halogens is 1. The number of amides is 1. The van der Waals surface area contributed by atoms with Crippen molar-refractivity contribution in [1.29, 1.82) is 0 Å². The van der Waals surface area contributed by atoms with E-state index in [1.165, 1.54) is 12.1 Å². The van der Waals surface area contributed by atoms with Crippen LogP contribution in [0.1, 0.15) is 10.5 Å². The van der Waals surface area contributed by atoms with Gasteiger partial charge in [-0.1, -0.05) is 0 Å². The van der Waals surface area contributed by atoms with Gasteiger partial charge in [-0.15, -0.1) is 0 Å². The number of benzene rings is 2. The Balaban J connectivity index is 1.59. The quantitative estimate of drug-likeness (QED) is 0.620. The lowest BCUT2D eigenvalue weighted by Crippen LogP contribution is -2.15. The van der Waals surface area contributed by atoms with Crippen molar-refractivity contribution in [2.45, 2.75) is 0 Å². The van der Waals surface area contributed by atoms with Crippen LogP contribution in [-0.4, -0.2) is 20.3 Å². The topological polar surface area (TPSA) is 51.9 Å². The van der Waals surface area contributed by atoms with Crippen LogP contribution >= 0.6 is 0 Å². The highest BCUT2D eigenvalue weighted by molar-refractivity contribution is 6.06. The average Bonchev–Trinajstić information content (AvgIpc) is 3.25. The van der Waals surface area contributed by atoms with Crippen LogP contribution in [0.3, 0.4) is 0 Å². The summed E-state index contributed by atoms with van der Waals surface area (Å²) in [6, 6.07) is 15.5. The summed E-state index contributed by atoms with van der Waals surface area (Å²) < 4.78 is 16.8. The Hall–Kier alpha value is -3.41. The van der Waals surface area contributed by atoms with Crippen molar-refractivity contribution in [3.8, 4) is 5.69 Å². The predicted octanol–water partition coefficient (Wildman–Crippen LogP) is 3.76. The Morgan fingerprint density at radius 3 is 2.64 bits per heavy atom. The molecule has 0 aliphatic carbocycles. The molecule has 124 valence electrons. The summed E-state index contributed by atoms with van der Waals surface area (Å²) in [4.78, 5) is 12.6. The van der Waals surface area contributed by atoms with Gasteiger partial charge in [0.15, 0.2) is 0 Å². The lowest BCUT2D eigenvalue weighted by atomic mass is 10.2. The minimum absolute atomic E-state index is 0.244. The second-order valence-electron chi connectivity index (χ2n) is 5.74. The first kappa shape index (κ1) is 15.1. The van der Waals surface area contributed by atoms with E-state index in [0.717, 1.165) is 11.1 Å². The molecule has 0 saturated carbocycles. The van der Waals surface area contributed by atoms with Gasteiger partial charge in [0.05, 0.1) is 11.2 Å². The monoisotopic (exact) mass is 334 g/mol. The molecule has 5 nitrogen and oxygen atoms in total. The molecule has 6 heteroatoms. The van der Waals surface area contributed by atoms with E-state index in [4.69, 9.17) is 0 Å². The molecule has 0 spiro atoms. The van der Waals surface area contributed by atoms with Crippen LogP contribution in [0.25, 0.3) is 16.6 Å². The number of hydrogen-bond acceptors (Lipinski definition) is 2. The number of aromatic nitrogens is 3. The van der Waals surface area contributed by atoms with Gasteiger partial charge in [-0.25, -0.2) is 9.07 Å². The van der Waals surface area contributed by atoms with Gasteiger partial charge in [-0.3, -0.25) is 4.79 Å². The number of carbonyl (C=O) groups excluding carboxylic acids is 1. The number of carbonyl (C=O) groups is 1. The Morgan fingerprint density at radius 2 is 1.92 bits per heavy atom. The molecule has 25 heavy (non-hydrogen) atoms. The summed E-state index contributed by atoms with van der Waals surface area (Å²) in [5.74, 6) is -0.569. The lowest BCUT2D eigenvalue weighted by Gasteiger charge is -2.08. The van der Waals surface area contributed by atoms with E-state index >= 15 is 0 Å². The molecule has 0 aliphatic heterocycles. The molecule has 2 aromatic carbocycles. The third-order valence-corrected chi connectivity index (χ3v) is 4.13. The van der Waals surface area contributed by atoms with Gasteiger partial charge in [-0.05, 0) is 54.6 Å². The number of anilines is 1. The molecule has 2 aromatic heterocycles. The van der Waals surface area contributed by atoms with E-state index < -0.39 is 0 Å². The van der Waals surface area contributed by atoms with Crippen molar-refractivity contribution in [2.75, 3.05) is 5.32 Å². The summed E-state index contributed by atoms with van der Waals surface area (Å²) in [5, 5.41) is 7.85. The fourth-order valence-electron chi connectivity index (χ4n) is 2.84. The van der Waals surface area contributed by atoms with Crippen LogP contribution in [0.5, 0.6) is 0 Å². The SMILES string of the molecule is Cn1c(C(=O)Nc2ccc(-n3cccn3)cc2)cc2ccc(F)cc21. The molecule has 4 rings (SSSR count). The number of aryl methyl sites for hydroxylation is 1. The second kappa shape index (κ2) is 5.90. The summed E-state index contributed by atoms with van der Waals surface area (Å²) in [7, 11) is 1.75. The van der Waals surface area contributed by atoms with Crippen LogP contribution in [0.4, 0.5) is 10.1 Å². The summed E-state index contributed by atoms with van der Waals surface area (Å²) in [6.07, 6.45) is 3.56. The number of nitrogens with zero attached hydrogens (tertiary/aromatic N) is 3. The van der Waals surface area contributed by atoms with Crippen LogP contribution < -0.4 is 5.32 Å². The van der Waals surface area contributed by atoms with Gasteiger partial charge in [0.1, 0.15) is 11.5 Å². The number of nitrogens with one attached hydrogen (secondary N) is 1. The molecule has 0 radical (unpaired) electrons. The maximum atomic E-state index is 13.4. The molecule has 1 amide bonds. The highest BCUT2D eigenvalue weighted by Gasteiger charge is 2.14. The fraction of sp³-hybridized carbons (Fsp3) is 0.0526. The van der Waals surface area contributed by atoms with Gasteiger partial charge >= 0.3 is 0 Å². The zero-order valence-corrected chi connectivity index (χ0v) is 13.5. The second-order valence-corrected chi connectivity index (χ2v) is 5.74. The van der Waals surface area contributed by atoms with Crippen molar-refractivity contribution in [3.05, 3.63) is 78.5 Å². The maximum absolute atomic E-state index is 13.4. The third-order valence-electron chi connectivity index (χ3n) is 4.13. The van der Waals surface area contributed by atoms with Crippen LogP contribution in [-0.2, 0) is 7.05 Å². The Kier molecular flexibility index (Phi) is 3.57. The first-order chi connectivity index (χ1) is 12.1. The molecule has 4 aromatic rings. The van der Waals surface area contributed by atoms with Crippen molar-refractivity contribution >= 4 is 22.5 Å². The van der Waals surface area contributed by atoms with Crippen LogP contribution in [0.2, 0.25) is 0 Å². The van der Waals surface area contributed by atoms with Crippen LogP contribution in [0, 0.1) is 5.82 Å². The van der Waals surface area contributed by atoms with Crippen molar-refractivity contribution in [2.24, 2.45) is 7.05 Å². The first-order valence-electron chi connectivity index (χ1n) is 7.78. The molecule has 0 aliphatic rings. The molecule has 0 fully saturated rings. The zero-order valence-electron chi connectivity index (χ0n) is 13.5. The lowest BCUT2D eigenvalue weighted by molar-refractivity contribution is 0.101. The van der Waals surface area contributed by atoms with E-state index in [9.17, 15) is 9.18 Å². The number of fused-ring (bicyclic) bond motifs is 1. The van der Waals surface area contributed by atoms with Crippen molar-refractivity contribution < 1.29 is 9.18 Å². The van der Waals surface area contributed by atoms with E-state index in [0.29, 0.717) is 16.9 Å². The summed E-state index contributed by atoms with van der Waals surface area (Å²) >= 11 is 0. The third kappa shape index (κ3) is 2.78. The Labute approximate surface area is 143 Å². The molecular weight excluding hydrogens is 319 g/mol. The van der Waals surface area contributed by atoms with Crippen molar-refractivity contribution in [1.82, 2.24) is 14.3 Å². The highest BCUT2D eigenvalue weighted by atomic mass is 19.1.